The minimum atomic E-state index is 0.332. The molecule has 0 amide bonds. The van der Waals surface area contributed by atoms with E-state index in [1.165, 1.54) is 11.1 Å². The van der Waals surface area contributed by atoms with E-state index in [-0.39, 0.29) is 0 Å². The van der Waals surface area contributed by atoms with Crippen molar-refractivity contribution in [2.24, 2.45) is 0 Å². The minimum Gasteiger partial charge on any atom is -0.378 e. The predicted molar refractivity (Wildman–Crippen MR) is 62.4 cm³/mol. The van der Waals surface area contributed by atoms with Gasteiger partial charge in [-0.05, 0) is 24.1 Å². The number of nitrogens with one attached hydrogen (secondary N) is 1. The quantitative estimate of drug-likeness (QED) is 0.626. The zero-order chi connectivity index (χ0) is 10.5. The molecule has 1 aromatic rings. The van der Waals surface area contributed by atoms with Crippen molar-refractivity contribution < 1.29 is 4.74 Å². The van der Waals surface area contributed by atoms with Gasteiger partial charge in [-0.1, -0.05) is 24.3 Å². The number of ether oxygens (including phenoxy) is 1. The minimum absolute atomic E-state index is 0.332. The van der Waals surface area contributed by atoms with Crippen LogP contribution in [0, 0.1) is 0 Å². The lowest BCUT2D eigenvalue weighted by atomic mass is 9.95. The molecule has 0 aliphatic carbocycles. The van der Waals surface area contributed by atoms with Gasteiger partial charge in [-0.3, -0.25) is 0 Å². The van der Waals surface area contributed by atoms with Crippen molar-refractivity contribution in [3.05, 3.63) is 35.4 Å². The zero-order valence-corrected chi connectivity index (χ0v) is 9.46. The van der Waals surface area contributed by atoms with Crippen LogP contribution in [-0.4, -0.2) is 25.6 Å². The number of halogens is 1. The molecule has 1 heterocycles. The van der Waals surface area contributed by atoms with Crippen LogP contribution in [0.15, 0.2) is 24.3 Å². The molecule has 2 rings (SSSR count). The third-order valence-electron chi connectivity index (χ3n) is 2.72. The van der Waals surface area contributed by atoms with Crippen LogP contribution in [0.1, 0.15) is 17.2 Å². The average Bonchev–Trinajstić information content (AvgIpc) is 2.30. The van der Waals surface area contributed by atoms with Gasteiger partial charge >= 0.3 is 0 Å². The Morgan fingerprint density at radius 2 is 2.27 bits per heavy atom. The SMILES string of the molecule is ClCCOCC1NCCc2ccccc21. The van der Waals surface area contributed by atoms with E-state index in [4.69, 9.17) is 16.3 Å². The molecule has 1 aromatic carbocycles. The lowest BCUT2D eigenvalue weighted by Crippen LogP contribution is -2.32. The van der Waals surface area contributed by atoms with Crippen LogP contribution in [0.25, 0.3) is 0 Å². The van der Waals surface area contributed by atoms with Gasteiger partial charge in [0.05, 0.1) is 19.3 Å². The zero-order valence-electron chi connectivity index (χ0n) is 8.71. The van der Waals surface area contributed by atoms with Crippen LogP contribution in [-0.2, 0) is 11.2 Å². The first-order valence-electron chi connectivity index (χ1n) is 5.36. The van der Waals surface area contributed by atoms with Gasteiger partial charge in [0.1, 0.15) is 0 Å². The topological polar surface area (TPSA) is 21.3 Å². The van der Waals surface area contributed by atoms with Crippen molar-refractivity contribution >= 4 is 11.6 Å². The Bertz CT molecular complexity index is 316. The summed E-state index contributed by atoms with van der Waals surface area (Å²) in [4.78, 5) is 0. The fourth-order valence-corrected chi connectivity index (χ4v) is 2.11. The van der Waals surface area contributed by atoms with Crippen molar-refractivity contribution in [3.8, 4) is 0 Å². The van der Waals surface area contributed by atoms with Crippen LogP contribution in [0.3, 0.4) is 0 Å². The molecule has 0 saturated heterocycles. The van der Waals surface area contributed by atoms with Gasteiger partial charge in [-0.15, -0.1) is 11.6 Å². The predicted octanol–water partition coefficient (Wildman–Crippen LogP) is 2.13. The summed E-state index contributed by atoms with van der Waals surface area (Å²) in [5.74, 6) is 0.564. The Labute approximate surface area is 95.6 Å². The largest absolute Gasteiger partial charge is 0.378 e. The van der Waals surface area contributed by atoms with E-state index < -0.39 is 0 Å². The molecule has 1 aliphatic heterocycles. The maximum absolute atomic E-state index is 5.57. The molecular formula is C12H16ClNO. The Kier molecular flexibility index (Phi) is 4.01. The Hall–Kier alpha value is -0.570. The summed E-state index contributed by atoms with van der Waals surface area (Å²) in [5, 5.41) is 3.47. The van der Waals surface area contributed by atoms with E-state index in [2.05, 4.69) is 29.6 Å². The van der Waals surface area contributed by atoms with Crippen LogP contribution in [0.4, 0.5) is 0 Å². The van der Waals surface area contributed by atoms with E-state index in [0.29, 0.717) is 25.1 Å². The Balaban J connectivity index is 2.02. The van der Waals surface area contributed by atoms with Gasteiger partial charge in [-0.25, -0.2) is 0 Å². The van der Waals surface area contributed by atoms with E-state index in [0.717, 1.165) is 13.0 Å². The van der Waals surface area contributed by atoms with E-state index in [9.17, 15) is 0 Å². The van der Waals surface area contributed by atoms with Crippen LogP contribution < -0.4 is 5.32 Å². The molecule has 82 valence electrons. The van der Waals surface area contributed by atoms with Gasteiger partial charge in [0.25, 0.3) is 0 Å². The van der Waals surface area contributed by atoms with E-state index >= 15 is 0 Å². The first-order valence-corrected chi connectivity index (χ1v) is 5.90. The number of alkyl halides is 1. The van der Waals surface area contributed by atoms with Crippen molar-refractivity contribution in [1.82, 2.24) is 5.32 Å². The highest BCUT2D eigenvalue weighted by Gasteiger charge is 2.18. The first kappa shape index (κ1) is 10.9. The molecule has 0 radical (unpaired) electrons. The van der Waals surface area contributed by atoms with Crippen molar-refractivity contribution in [3.63, 3.8) is 0 Å². The fourth-order valence-electron chi connectivity index (χ4n) is 2.00. The van der Waals surface area contributed by atoms with Crippen molar-refractivity contribution in [1.29, 1.82) is 0 Å². The maximum Gasteiger partial charge on any atom is 0.0662 e. The molecule has 1 N–H and O–H groups in total. The summed E-state index contributed by atoms with van der Waals surface area (Å²) in [6.45, 7) is 2.37. The monoisotopic (exact) mass is 225 g/mol. The normalized spacial score (nSPS) is 19.9. The second-order valence-electron chi connectivity index (χ2n) is 3.72. The third kappa shape index (κ3) is 2.71. The second kappa shape index (κ2) is 5.50. The number of rotatable bonds is 4. The molecular weight excluding hydrogens is 210 g/mol. The van der Waals surface area contributed by atoms with Crippen molar-refractivity contribution in [2.75, 3.05) is 25.6 Å². The average molecular weight is 226 g/mol. The molecule has 1 unspecified atom stereocenters. The second-order valence-corrected chi connectivity index (χ2v) is 4.10. The maximum atomic E-state index is 5.57. The lowest BCUT2D eigenvalue weighted by molar-refractivity contribution is 0.122. The highest BCUT2D eigenvalue weighted by atomic mass is 35.5. The van der Waals surface area contributed by atoms with E-state index in [1.807, 2.05) is 0 Å². The summed E-state index contributed by atoms with van der Waals surface area (Å²) in [6.07, 6.45) is 1.11. The standard InChI is InChI=1S/C12H16ClNO/c13-6-8-15-9-12-11-4-2-1-3-10(11)5-7-14-12/h1-4,12,14H,5-9H2. The van der Waals surface area contributed by atoms with Gasteiger partial charge in [-0.2, -0.15) is 0 Å². The molecule has 3 heteroatoms. The van der Waals surface area contributed by atoms with E-state index in [1.54, 1.807) is 0 Å². The number of benzene rings is 1. The summed E-state index contributed by atoms with van der Waals surface area (Å²) >= 11 is 5.57. The highest BCUT2D eigenvalue weighted by molar-refractivity contribution is 6.17. The van der Waals surface area contributed by atoms with Crippen LogP contribution in [0.2, 0.25) is 0 Å². The molecule has 1 aliphatic rings. The van der Waals surface area contributed by atoms with Crippen LogP contribution in [0.5, 0.6) is 0 Å². The number of fused-ring (bicyclic) bond motifs is 1. The molecule has 1 atom stereocenters. The summed E-state index contributed by atoms with van der Waals surface area (Å²) in [5.41, 5.74) is 2.81. The fraction of sp³-hybridized carbons (Fsp3) is 0.500. The molecule has 0 aromatic heterocycles. The van der Waals surface area contributed by atoms with Gasteiger partial charge in [0.2, 0.25) is 0 Å². The molecule has 0 bridgehead atoms. The van der Waals surface area contributed by atoms with Gasteiger partial charge in [0, 0.05) is 5.88 Å². The third-order valence-corrected chi connectivity index (χ3v) is 2.88. The smallest absolute Gasteiger partial charge is 0.0662 e. The van der Waals surface area contributed by atoms with Gasteiger partial charge < -0.3 is 10.1 Å². The molecule has 0 spiro atoms. The van der Waals surface area contributed by atoms with Gasteiger partial charge in [0.15, 0.2) is 0 Å². The molecule has 15 heavy (non-hydrogen) atoms. The van der Waals surface area contributed by atoms with Crippen molar-refractivity contribution in [2.45, 2.75) is 12.5 Å². The molecule has 2 nitrogen and oxygen atoms in total. The molecule has 0 saturated carbocycles. The van der Waals surface area contributed by atoms with Crippen LogP contribution >= 0.6 is 11.6 Å². The number of hydrogen-bond donors (Lipinski definition) is 1. The molecule has 0 fully saturated rings. The lowest BCUT2D eigenvalue weighted by Gasteiger charge is -2.26. The summed E-state index contributed by atoms with van der Waals surface area (Å²) < 4.78 is 5.48. The highest BCUT2D eigenvalue weighted by Crippen LogP contribution is 2.22. The Morgan fingerprint density at radius 3 is 3.13 bits per heavy atom. The first-order chi connectivity index (χ1) is 7.42. The summed E-state index contributed by atoms with van der Waals surface area (Å²) in [7, 11) is 0. The summed E-state index contributed by atoms with van der Waals surface area (Å²) in [6, 6.07) is 8.89. The Morgan fingerprint density at radius 1 is 1.40 bits per heavy atom. The number of hydrogen-bond acceptors (Lipinski definition) is 2.